The van der Waals surface area contributed by atoms with Crippen LogP contribution in [0.25, 0.3) is 0 Å². The molecule has 0 N–H and O–H groups in total. The average molecular weight is 250 g/mol. The summed E-state index contributed by atoms with van der Waals surface area (Å²) in [5.74, 6) is -0.541. The maximum absolute atomic E-state index is 13.5. The van der Waals surface area contributed by atoms with E-state index in [1.54, 1.807) is 12.1 Å². The summed E-state index contributed by atoms with van der Waals surface area (Å²) in [5, 5.41) is 0. The molecule has 1 aromatic heterocycles. The fourth-order valence-electron chi connectivity index (χ4n) is 1.51. The number of thiophene rings is 1. The SMILES string of the molecule is COc1ccc(C(=O)c2ccc(C)s2)cc1F. The summed E-state index contributed by atoms with van der Waals surface area (Å²) in [4.78, 5) is 13.7. The van der Waals surface area contributed by atoms with Crippen LogP contribution in [0.15, 0.2) is 30.3 Å². The van der Waals surface area contributed by atoms with Gasteiger partial charge in [0.25, 0.3) is 0 Å². The first kappa shape index (κ1) is 11.8. The molecule has 0 amide bonds. The van der Waals surface area contributed by atoms with Crippen molar-refractivity contribution in [3.8, 4) is 5.75 Å². The topological polar surface area (TPSA) is 26.3 Å². The smallest absolute Gasteiger partial charge is 0.203 e. The van der Waals surface area contributed by atoms with Crippen molar-refractivity contribution >= 4 is 17.1 Å². The molecule has 0 radical (unpaired) electrons. The number of methoxy groups -OCH3 is 1. The van der Waals surface area contributed by atoms with Gasteiger partial charge in [0.15, 0.2) is 11.6 Å². The maximum atomic E-state index is 13.5. The highest BCUT2D eigenvalue weighted by Gasteiger charge is 2.13. The molecular formula is C13H11FO2S. The number of hydrogen-bond donors (Lipinski definition) is 0. The maximum Gasteiger partial charge on any atom is 0.203 e. The lowest BCUT2D eigenvalue weighted by Crippen LogP contribution is -2.00. The first-order valence-electron chi connectivity index (χ1n) is 5.06. The molecule has 0 aliphatic heterocycles. The van der Waals surface area contributed by atoms with Gasteiger partial charge in [-0.1, -0.05) is 0 Å². The van der Waals surface area contributed by atoms with Crippen molar-refractivity contribution < 1.29 is 13.9 Å². The van der Waals surface area contributed by atoms with E-state index in [-0.39, 0.29) is 11.5 Å². The van der Waals surface area contributed by atoms with E-state index < -0.39 is 5.82 Å². The molecule has 0 aliphatic carbocycles. The first-order valence-corrected chi connectivity index (χ1v) is 5.88. The summed E-state index contributed by atoms with van der Waals surface area (Å²) in [6.45, 7) is 1.93. The van der Waals surface area contributed by atoms with Gasteiger partial charge in [-0.3, -0.25) is 4.79 Å². The molecule has 0 bridgehead atoms. The van der Waals surface area contributed by atoms with Crippen molar-refractivity contribution in [3.63, 3.8) is 0 Å². The Bertz CT molecular complexity index is 560. The Balaban J connectivity index is 2.35. The van der Waals surface area contributed by atoms with Crippen molar-refractivity contribution in [3.05, 3.63) is 51.5 Å². The average Bonchev–Trinajstić information content (AvgIpc) is 2.75. The van der Waals surface area contributed by atoms with Crippen LogP contribution in [0.1, 0.15) is 20.1 Å². The zero-order valence-electron chi connectivity index (χ0n) is 9.49. The van der Waals surface area contributed by atoms with E-state index in [1.165, 1.54) is 30.6 Å². The van der Waals surface area contributed by atoms with Gasteiger partial charge in [-0.2, -0.15) is 0 Å². The summed E-state index contributed by atoms with van der Waals surface area (Å²) < 4.78 is 18.3. The molecule has 17 heavy (non-hydrogen) atoms. The zero-order chi connectivity index (χ0) is 12.4. The van der Waals surface area contributed by atoms with Crippen LogP contribution in [0, 0.1) is 12.7 Å². The van der Waals surface area contributed by atoms with Crippen LogP contribution < -0.4 is 4.74 Å². The number of halogens is 1. The molecule has 0 atom stereocenters. The van der Waals surface area contributed by atoms with Gasteiger partial charge in [-0.05, 0) is 37.3 Å². The molecule has 2 aromatic rings. The van der Waals surface area contributed by atoms with Crippen LogP contribution in [0.4, 0.5) is 4.39 Å². The molecule has 88 valence electrons. The second-order valence-corrected chi connectivity index (χ2v) is 4.88. The van der Waals surface area contributed by atoms with Crippen LogP contribution in [-0.2, 0) is 0 Å². The normalized spacial score (nSPS) is 10.3. The Labute approximate surface area is 103 Å². The first-order chi connectivity index (χ1) is 8.11. The number of carbonyl (C=O) groups is 1. The number of ketones is 1. The molecule has 0 saturated carbocycles. The molecule has 0 saturated heterocycles. The van der Waals surface area contributed by atoms with E-state index in [1.807, 2.05) is 13.0 Å². The molecule has 0 aliphatic rings. The minimum absolute atomic E-state index is 0.143. The molecule has 1 heterocycles. The van der Waals surface area contributed by atoms with Crippen LogP contribution in [0.5, 0.6) is 5.75 Å². The van der Waals surface area contributed by atoms with E-state index in [0.717, 1.165) is 4.88 Å². The lowest BCUT2D eigenvalue weighted by atomic mass is 10.1. The summed E-state index contributed by atoms with van der Waals surface area (Å²) in [5.41, 5.74) is 0.338. The predicted molar refractivity (Wildman–Crippen MR) is 65.4 cm³/mol. The predicted octanol–water partition coefficient (Wildman–Crippen LogP) is 3.44. The van der Waals surface area contributed by atoms with Crippen molar-refractivity contribution in [2.45, 2.75) is 6.92 Å². The Morgan fingerprint density at radius 1 is 1.29 bits per heavy atom. The van der Waals surface area contributed by atoms with Gasteiger partial charge < -0.3 is 4.74 Å². The van der Waals surface area contributed by atoms with Gasteiger partial charge in [0.1, 0.15) is 0 Å². The van der Waals surface area contributed by atoms with Gasteiger partial charge >= 0.3 is 0 Å². The van der Waals surface area contributed by atoms with E-state index in [4.69, 9.17) is 4.74 Å². The Kier molecular flexibility index (Phi) is 3.24. The highest BCUT2D eigenvalue weighted by molar-refractivity contribution is 7.14. The Hall–Kier alpha value is -1.68. The largest absolute Gasteiger partial charge is 0.494 e. The van der Waals surface area contributed by atoms with Gasteiger partial charge in [0.2, 0.25) is 5.78 Å². The fourth-order valence-corrected chi connectivity index (χ4v) is 2.34. The van der Waals surface area contributed by atoms with Crippen molar-refractivity contribution in [2.24, 2.45) is 0 Å². The third kappa shape index (κ3) is 2.36. The number of carbonyl (C=O) groups excluding carboxylic acids is 1. The number of ether oxygens (including phenoxy) is 1. The second-order valence-electron chi connectivity index (χ2n) is 3.59. The van der Waals surface area contributed by atoms with E-state index >= 15 is 0 Å². The molecule has 2 nitrogen and oxygen atoms in total. The highest BCUT2D eigenvalue weighted by Crippen LogP contribution is 2.22. The number of hydrogen-bond acceptors (Lipinski definition) is 3. The molecule has 2 rings (SSSR count). The third-order valence-electron chi connectivity index (χ3n) is 2.38. The molecule has 0 fully saturated rings. The third-order valence-corrected chi connectivity index (χ3v) is 3.38. The number of benzene rings is 1. The van der Waals surface area contributed by atoms with Gasteiger partial charge in [-0.25, -0.2) is 4.39 Å². The monoisotopic (exact) mass is 250 g/mol. The molecule has 0 unspecified atom stereocenters. The zero-order valence-corrected chi connectivity index (χ0v) is 10.3. The van der Waals surface area contributed by atoms with Gasteiger partial charge in [0.05, 0.1) is 12.0 Å². The van der Waals surface area contributed by atoms with Crippen LogP contribution in [-0.4, -0.2) is 12.9 Å². The highest BCUT2D eigenvalue weighted by atomic mass is 32.1. The summed E-state index contributed by atoms with van der Waals surface area (Å²) in [7, 11) is 1.39. The number of aryl methyl sites for hydroxylation is 1. The van der Waals surface area contributed by atoms with Crippen LogP contribution in [0.3, 0.4) is 0 Å². The van der Waals surface area contributed by atoms with Crippen molar-refractivity contribution in [2.75, 3.05) is 7.11 Å². The van der Waals surface area contributed by atoms with Crippen LogP contribution >= 0.6 is 11.3 Å². The minimum Gasteiger partial charge on any atom is -0.494 e. The van der Waals surface area contributed by atoms with Gasteiger partial charge in [0, 0.05) is 10.4 Å². The summed E-state index contributed by atoms with van der Waals surface area (Å²) in [6.07, 6.45) is 0. The molecule has 0 spiro atoms. The molecule has 1 aromatic carbocycles. The Morgan fingerprint density at radius 3 is 2.59 bits per heavy atom. The summed E-state index contributed by atoms with van der Waals surface area (Å²) in [6, 6.07) is 7.86. The van der Waals surface area contributed by atoms with Crippen molar-refractivity contribution in [1.29, 1.82) is 0 Å². The lowest BCUT2D eigenvalue weighted by Gasteiger charge is -2.03. The van der Waals surface area contributed by atoms with E-state index in [0.29, 0.717) is 10.4 Å². The van der Waals surface area contributed by atoms with Crippen LogP contribution in [0.2, 0.25) is 0 Å². The molecule has 4 heteroatoms. The second kappa shape index (κ2) is 4.67. The fraction of sp³-hybridized carbons (Fsp3) is 0.154. The van der Waals surface area contributed by atoms with Gasteiger partial charge in [-0.15, -0.1) is 11.3 Å². The number of rotatable bonds is 3. The quantitative estimate of drug-likeness (QED) is 0.780. The summed E-state index contributed by atoms with van der Waals surface area (Å²) >= 11 is 1.40. The lowest BCUT2D eigenvalue weighted by molar-refractivity contribution is 0.104. The minimum atomic E-state index is -0.522. The Morgan fingerprint density at radius 2 is 2.06 bits per heavy atom. The van der Waals surface area contributed by atoms with E-state index in [2.05, 4.69) is 0 Å². The van der Waals surface area contributed by atoms with Crippen molar-refractivity contribution in [1.82, 2.24) is 0 Å². The molecular weight excluding hydrogens is 239 g/mol. The standard InChI is InChI=1S/C13H11FO2S/c1-8-3-6-12(17-8)13(15)9-4-5-11(16-2)10(14)7-9/h3-7H,1-2H3. The van der Waals surface area contributed by atoms with E-state index in [9.17, 15) is 9.18 Å².